The van der Waals surface area contributed by atoms with E-state index in [0.717, 1.165) is 23.3 Å². The van der Waals surface area contributed by atoms with Gasteiger partial charge in [0, 0.05) is 30.2 Å². The van der Waals surface area contributed by atoms with Gasteiger partial charge in [-0.3, -0.25) is 9.59 Å². The summed E-state index contributed by atoms with van der Waals surface area (Å²) in [6.45, 7) is 4.87. The van der Waals surface area contributed by atoms with Crippen LogP contribution in [0.1, 0.15) is 45.1 Å². The van der Waals surface area contributed by atoms with Crippen LogP contribution in [-0.4, -0.2) is 35.1 Å². The Morgan fingerprint density at radius 3 is 2.40 bits per heavy atom. The minimum atomic E-state index is -0.541. The molecule has 0 saturated carbocycles. The minimum absolute atomic E-state index is 0.0692. The van der Waals surface area contributed by atoms with Crippen molar-refractivity contribution in [3.05, 3.63) is 66.0 Å². The van der Waals surface area contributed by atoms with E-state index in [-0.39, 0.29) is 24.2 Å². The van der Waals surface area contributed by atoms with E-state index >= 15 is 0 Å². The molecular formula is C24H31FN2O2S. The molecule has 0 spiro atoms. The third-order valence-electron chi connectivity index (χ3n) is 4.81. The monoisotopic (exact) mass is 430 g/mol. The molecule has 6 heteroatoms. The molecule has 2 aromatic rings. The molecule has 0 aliphatic carbocycles. The zero-order valence-corrected chi connectivity index (χ0v) is 18.6. The lowest BCUT2D eigenvalue weighted by atomic mass is 10.1. The number of benzene rings is 2. The largest absolute Gasteiger partial charge is 0.354 e. The van der Waals surface area contributed by atoms with Crippen LogP contribution < -0.4 is 5.32 Å². The predicted molar refractivity (Wildman–Crippen MR) is 121 cm³/mol. The van der Waals surface area contributed by atoms with Crippen molar-refractivity contribution in [1.82, 2.24) is 10.2 Å². The zero-order valence-electron chi connectivity index (χ0n) is 17.8. The first-order valence-electron chi connectivity index (χ1n) is 10.5. The first-order chi connectivity index (χ1) is 14.5. The van der Waals surface area contributed by atoms with Crippen LogP contribution in [0.3, 0.4) is 0 Å². The molecule has 0 aliphatic heterocycles. The number of carbonyl (C=O) groups excluding carboxylic acids is 2. The van der Waals surface area contributed by atoms with E-state index in [1.807, 2.05) is 37.3 Å². The van der Waals surface area contributed by atoms with E-state index in [2.05, 4.69) is 12.2 Å². The summed E-state index contributed by atoms with van der Waals surface area (Å²) in [7, 11) is 0. The summed E-state index contributed by atoms with van der Waals surface area (Å²) in [4.78, 5) is 28.6. The van der Waals surface area contributed by atoms with Gasteiger partial charge in [0.05, 0.1) is 0 Å². The van der Waals surface area contributed by atoms with Crippen molar-refractivity contribution in [3.8, 4) is 0 Å². The van der Waals surface area contributed by atoms with Crippen LogP contribution in [0.4, 0.5) is 4.39 Å². The quantitative estimate of drug-likeness (QED) is 0.379. The van der Waals surface area contributed by atoms with Crippen molar-refractivity contribution in [2.45, 2.75) is 57.0 Å². The Hall–Kier alpha value is -2.34. The van der Waals surface area contributed by atoms with Crippen LogP contribution in [0, 0.1) is 5.82 Å². The molecule has 0 aromatic heterocycles. The number of carbonyl (C=O) groups is 2. The lowest BCUT2D eigenvalue weighted by molar-refractivity contribution is -0.141. The Labute approximate surface area is 183 Å². The lowest BCUT2D eigenvalue weighted by Gasteiger charge is -2.30. The second-order valence-electron chi connectivity index (χ2n) is 7.13. The molecule has 0 aliphatic rings. The van der Waals surface area contributed by atoms with Gasteiger partial charge in [0.1, 0.15) is 11.9 Å². The van der Waals surface area contributed by atoms with Gasteiger partial charge < -0.3 is 10.2 Å². The second kappa shape index (κ2) is 13.1. The van der Waals surface area contributed by atoms with Gasteiger partial charge in [-0.25, -0.2) is 4.39 Å². The van der Waals surface area contributed by atoms with Crippen molar-refractivity contribution in [2.24, 2.45) is 0 Å². The molecule has 4 nitrogen and oxygen atoms in total. The maximum Gasteiger partial charge on any atom is 0.242 e. The van der Waals surface area contributed by atoms with Gasteiger partial charge in [-0.15, -0.1) is 11.8 Å². The van der Waals surface area contributed by atoms with Crippen molar-refractivity contribution < 1.29 is 14.0 Å². The summed E-state index contributed by atoms with van der Waals surface area (Å²) < 4.78 is 13.3. The van der Waals surface area contributed by atoms with E-state index in [9.17, 15) is 14.0 Å². The number of hydrogen-bond donors (Lipinski definition) is 1. The van der Waals surface area contributed by atoms with Crippen LogP contribution in [0.15, 0.2) is 59.5 Å². The average molecular weight is 431 g/mol. The topological polar surface area (TPSA) is 49.4 Å². The maximum absolute atomic E-state index is 13.3. The minimum Gasteiger partial charge on any atom is -0.354 e. The van der Waals surface area contributed by atoms with E-state index < -0.39 is 6.04 Å². The first-order valence-corrected chi connectivity index (χ1v) is 11.5. The molecule has 0 bridgehead atoms. The lowest BCUT2D eigenvalue weighted by Crippen LogP contribution is -2.49. The highest BCUT2D eigenvalue weighted by molar-refractivity contribution is 7.99. The fourth-order valence-corrected chi connectivity index (χ4v) is 3.99. The highest BCUT2D eigenvalue weighted by atomic mass is 32.2. The number of nitrogens with one attached hydrogen (secondary N) is 1. The zero-order chi connectivity index (χ0) is 21.8. The van der Waals surface area contributed by atoms with Crippen molar-refractivity contribution in [3.63, 3.8) is 0 Å². The van der Waals surface area contributed by atoms with Crippen LogP contribution in [0.2, 0.25) is 0 Å². The predicted octanol–water partition coefficient (Wildman–Crippen LogP) is 5.03. The van der Waals surface area contributed by atoms with Crippen molar-refractivity contribution >= 4 is 23.6 Å². The summed E-state index contributed by atoms with van der Waals surface area (Å²) in [5, 5.41) is 2.95. The van der Waals surface area contributed by atoms with E-state index in [0.29, 0.717) is 25.1 Å². The van der Waals surface area contributed by atoms with Crippen molar-refractivity contribution in [1.29, 1.82) is 0 Å². The number of rotatable bonds is 12. The number of amides is 2. The molecule has 0 saturated heterocycles. The van der Waals surface area contributed by atoms with Gasteiger partial charge in [0.25, 0.3) is 0 Å². The molecule has 1 N–H and O–H groups in total. The fourth-order valence-electron chi connectivity index (χ4n) is 3.13. The third-order valence-corrected chi connectivity index (χ3v) is 5.82. The third kappa shape index (κ3) is 7.82. The summed E-state index contributed by atoms with van der Waals surface area (Å²) in [5.41, 5.74) is 0.806. The Bertz CT molecular complexity index is 784. The van der Waals surface area contributed by atoms with Crippen molar-refractivity contribution in [2.75, 3.05) is 12.3 Å². The average Bonchev–Trinajstić information content (AvgIpc) is 2.76. The summed E-state index contributed by atoms with van der Waals surface area (Å²) in [6.07, 6.45) is 2.75. The Balaban J connectivity index is 2.08. The Morgan fingerprint density at radius 1 is 1.07 bits per heavy atom. The molecular weight excluding hydrogens is 399 g/mol. The standard InChI is InChI=1S/C24H31FN2O2S/c1-3-5-16-26-24(29)22(4-2)27(18-19-11-13-20(25)14-12-19)23(28)15-17-30-21-9-7-6-8-10-21/h6-14,22H,3-5,15-18H2,1-2H3,(H,26,29)/t22-/m1/s1. The van der Waals surface area contributed by atoms with Gasteiger partial charge in [-0.1, -0.05) is 50.6 Å². The number of thioether (sulfide) groups is 1. The number of nitrogens with zero attached hydrogens (tertiary/aromatic N) is 1. The Kier molecular flexibility index (Phi) is 10.4. The van der Waals surface area contributed by atoms with E-state index in [1.54, 1.807) is 28.8 Å². The highest BCUT2D eigenvalue weighted by Gasteiger charge is 2.28. The van der Waals surface area contributed by atoms with Gasteiger partial charge in [-0.05, 0) is 42.7 Å². The molecule has 2 amide bonds. The molecule has 2 rings (SSSR count). The molecule has 0 radical (unpaired) electrons. The smallest absolute Gasteiger partial charge is 0.242 e. The van der Waals surface area contributed by atoms with Crippen LogP contribution in [0.5, 0.6) is 0 Å². The summed E-state index contributed by atoms with van der Waals surface area (Å²) in [6, 6.07) is 15.5. The van der Waals surface area contributed by atoms with Crippen LogP contribution in [0.25, 0.3) is 0 Å². The molecule has 0 heterocycles. The van der Waals surface area contributed by atoms with Gasteiger partial charge >= 0.3 is 0 Å². The highest BCUT2D eigenvalue weighted by Crippen LogP contribution is 2.20. The second-order valence-corrected chi connectivity index (χ2v) is 8.30. The molecule has 162 valence electrons. The van der Waals surface area contributed by atoms with Crippen LogP contribution >= 0.6 is 11.8 Å². The molecule has 2 aromatic carbocycles. The molecule has 0 unspecified atom stereocenters. The Morgan fingerprint density at radius 2 is 1.77 bits per heavy atom. The molecule has 0 fully saturated rings. The van der Waals surface area contributed by atoms with Crippen LogP contribution in [-0.2, 0) is 16.1 Å². The number of unbranched alkanes of at least 4 members (excludes halogenated alkanes) is 1. The normalized spacial score (nSPS) is 11.7. The fraction of sp³-hybridized carbons (Fsp3) is 0.417. The van der Waals surface area contributed by atoms with Gasteiger partial charge in [0.15, 0.2) is 0 Å². The van der Waals surface area contributed by atoms with E-state index in [4.69, 9.17) is 0 Å². The van der Waals surface area contributed by atoms with Gasteiger partial charge in [-0.2, -0.15) is 0 Å². The molecule has 30 heavy (non-hydrogen) atoms. The van der Waals surface area contributed by atoms with Gasteiger partial charge in [0.2, 0.25) is 11.8 Å². The molecule has 1 atom stereocenters. The summed E-state index contributed by atoms with van der Waals surface area (Å²) in [5.74, 6) is 0.119. The number of halogens is 1. The first kappa shape index (κ1) is 23.9. The number of hydrogen-bond acceptors (Lipinski definition) is 3. The SMILES string of the molecule is CCCCNC(=O)[C@@H](CC)N(Cc1ccc(F)cc1)C(=O)CCSc1ccccc1. The maximum atomic E-state index is 13.3. The summed E-state index contributed by atoms with van der Waals surface area (Å²) >= 11 is 1.62. The van der Waals surface area contributed by atoms with E-state index in [1.165, 1.54) is 12.1 Å².